The monoisotopic (exact) mass is 324 g/mol. The third-order valence-electron chi connectivity index (χ3n) is 3.57. The lowest BCUT2D eigenvalue weighted by Crippen LogP contribution is -2.28. The number of nitrogens with one attached hydrogen (secondary N) is 1. The number of fused-ring (bicyclic) bond motifs is 2. The van der Waals surface area contributed by atoms with Gasteiger partial charge in [0.05, 0.1) is 5.70 Å². The molecule has 1 aliphatic heterocycles. The van der Waals surface area contributed by atoms with Crippen LogP contribution in [-0.2, 0) is 0 Å². The minimum absolute atomic E-state index is 0.422. The van der Waals surface area contributed by atoms with Gasteiger partial charge in [-0.2, -0.15) is 5.10 Å². The summed E-state index contributed by atoms with van der Waals surface area (Å²) in [5, 5.41) is 8.82. The Hall–Kier alpha value is -2.27. The molecular weight excluding hydrogens is 304 g/mol. The smallest absolute Gasteiger partial charge is 0.147 e. The minimum atomic E-state index is 0.422. The molecule has 4 nitrogen and oxygen atoms in total. The van der Waals surface area contributed by atoms with Crippen molar-refractivity contribution in [3.63, 3.8) is 0 Å². The summed E-state index contributed by atoms with van der Waals surface area (Å²) in [4.78, 5) is 3.99. The van der Waals surface area contributed by atoms with Crippen LogP contribution < -0.4 is 15.2 Å². The van der Waals surface area contributed by atoms with Crippen LogP contribution in [0, 0.1) is 6.92 Å². The molecule has 0 saturated heterocycles. The molecule has 2 aromatic rings. The maximum atomic E-state index is 4.12. The van der Waals surface area contributed by atoms with Crippen LogP contribution in [0.5, 0.6) is 0 Å². The molecule has 118 valence electrons. The number of hydrogen-bond acceptors (Lipinski definition) is 4. The van der Waals surface area contributed by atoms with Crippen molar-refractivity contribution in [2.75, 3.05) is 0 Å². The van der Waals surface area contributed by atoms with Gasteiger partial charge < -0.3 is 4.72 Å². The van der Waals surface area contributed by atoms with Gasteiger partial charge in [-0.25, -0.2) is 4.98 Å². The summed E-state index contributed by atoms with van der Waals surface area (Å²) in [5.41, 5.74) is 2.51. The normalized spacial score (nSPS) is 14.8. The van der Waals surface area contributed by atoms with Crippen molar-refractivity contribution >= 4 is 23.7 Å². The fraction of sp³-hybridized carbons (Fsp3) is 0.222. The summed E-state index contributed by atoms with van der Waals surface area (Å²) < 4.78 is 5.17. The van der Waals surface area contributed by atoms with E-state index in [2.05, 4.69) is 76.6 Å². The number of benzene rings is 1. The third-order valence-corrected chi connectivity index (χ3v) is 4.26. The Bertz CT molecular complexity index is 874. The summed E-state index contributed by atoms with van der Waals surface area (Å²) >= 11 is 1.64. The van der Waals surface area contributed by atoms with Crippen molar-refractivity contribution in [2.24, 2.45) is 0 Å². The van der Waals surface area contributed by atoms with Gasteiger partial charge in [0.1, 0.15) is 12.2 Å². The molecule has 23 heavy (non-hydrogen) atoms. The zero-order chi connectivity index (χ0) is 16.2. The van der Waals surface area contributed by atoms with E-state index in [1.54, 1.807) is 18.3 Å². The molecule has 5 heteroatoms. The summed E-state index contributed by atoms with van der Waals surface area (Å²) in [7, 11) is 0. The molecule has 0 spiro atoms. The van der Waals surface area contributed by atoms with Crippen molar-refractivity contribution in [3.8, 4) is 0 Å². The Balaban J connectivity index is 0.000000151. The first-order chi connectivity index (χ1) is 11.1. The standard InChI is InChI=1S/C12H9NS.C6H11N3/c1-2-7-11-9(4-1)5-3-6-10-8-14-13-12(10)11;1-5(2)9-4-7-6(3)8-9/h1-8,13H;4-5H,1-3H3. The van der Waals surface area contributed by atoms with Gasteiger partial charge in [-0.3, -0.25) is 4.68 Å². The summed E-state index contributed by atoms with van der Waals surface area (Å²) in [6.07, 6.45) is 8.14. The fourth-order valence-electron chi connectivity index (χ4n) is 2.34. The Labute approximate surface area is 140 Å². The van der Waals surface area contributed by atoms with E-state index in [0.29, 0.717) is 6.04 Å². The molecule has 2 heterocycles. The number of aryl methyl sites for hydroxylation is 1. The Kier molecular flexibility index (Phi) is 4.67. The van der Waals surface area contributed by atoms with Gasteiger partial charge in [0.15, 0.2) is 0 Å². The van der Waals surface area contributed by atoms with Gasteiger partial charge in [0.2, 0.25) is 0 Å². The Morgan fingerprint density at radius 2 is 2.04 bits per heavy atom. The second-order valence-corrected chi connectivity index (χ2v) is 6.32. The van der Waals surface area contributed by atoms with Crippen LogP contribution in [-0.4, -0.2) is 14.8 Å². The molecule has 1 aliphatic carbocycles. The van der Waals surface area contributed by atoms with Crippen molar-refractivity contribution in [3.05, 3.63) is 70.0 Å². The second-order valence-electron chi connectivity index (χ2n) is 5.65. The molecular formula is C18H20N4S. The van der Waals surface area contributed by atoms with Crippen LogP contribution in [0.4, 0.5) is 0 Å². The van der Waals surface area contributed by atoms with E-state index in [0.717, 1.165) is 5.82 Å². The summed E-state index contributed by atoms with van der Waals surface area (Å²) in [5.74, 6) is 0.837. The topological polar surface area (TPSA) is 42.7 Å². The summed E-state index contributed by atoms with van der Waals surface area (Å²) in [6.45, 7) is 6.04. The summed E-state index contributed by atoms with van der Waals surface area (Å²) in [6, 6.07) is 8.86. The minimum Gasteiger partial charge on any atom is -0.325 e. The van der Waals surface area contributed by atoms with Crippen LogP contribution in [0.3, 0.4) is 0 Å². The number of aromatic nitrogens is 3. The molecule has 0 saturated carbocycles. The van der Waals surface area contributed by atoms with Crippen LogP contribution in [0.2, 0.25) is 0 Å². The van der Waals surface area contributed by atoms with Gasteiger partial charge in [0, 0.05) is 22.2 Å². The van der Waals surface area contributed by atoms with E-state index >= 15 is 0 Å². The molecule has 1 N–H and O–H groups in total. The van der Waals surface area contributed by atoms with Crippen molar-refractivity contribution in [1.29, 1.82) is 0 Å². The van der Waals surface area contributed by atoms with E-state index < -0.39 is 0 Å². The molecule has 0 unspecified atom stereocenters. The first kappa shape index (κ1) is 15.6. The highest BCUT2D eigenvalue weighted by Crippen LogP contribution is 2.23. The molecule has 4 rings (SSSR count). The van der Waals surface area contributed by atoms with E-state index in [9.17, 15) is 0 Å². The molecule has 2 aliphatic rings. The maximum absolute atomic E-state index is 4.12. The highest BCUT2D eigenvalue weighted by molar-refractivity contribution is 8.01. The van der Waals surface area contributed by atoms with E-state index in [-0.39, 0.29) is 0 Å². The van der Waals surface area contributed by atoms with Crippen LogP contribution >= 0.6 is 11.9 Å². The average Bonchev–Trinajstić information content (AvgIpc) is 3.14. The SMILES string of the molecule is C1=CC2=CSNC2=c2ccccc2=C1.Cc1ncn(C(C)C)n1. The number of rotatable bonds is 1. The third kappa shape index (κ3) is 3.56. The average molecular weight is 324 g/mol. The van der Waals surface area contributed by atoms with Crippen LogP contribution in [0.1, 0.15) is 25.7 Å². The quantitative estimate of drug-likeness (QED) is 0.818. The van der Waals surface area contributed by atoms with Crippen molar-refractivity contribution in [1.82, 2.24) is 19.5 Å². The Morgan fingerprint density at radius 1 is 1.22 bits per heavy atom. The van der Waals surface area contributed by atoms with Gasteiger partial charge in [-0.15, -0.1) is 0 Å². The lowest BCUT2D eigenvalue weighted by Gasteiger charge is -2.00. The molecule has 1 aromatic heterocycles. The van der Waals surface area contributed by atoms with Crippen molar-refractivity contribution < 1.29 is 0 Å². The first-order valence-electron chi connectivity index (χ1n) is 7.63. The maximum Gasteiger partial charge on any atom is 0.147 e. The van der Waals surface area contributed by atoms with Crippen LogP contribution in [0.25, 0.3) is 11.8 Å². The van der Waals surface area contributed by atoms with Gasteiger partial charge >= 0.3 is 0 Å². The zero-order valence-corrected chi connectivity index (χ0v) is 14.3. The number of hydrogen-bond donors (Lipinski definition) is 1. The highest BCUT2D eigenvalue weighted by atomic mass is 32.2. The zero-order valence-electron chi connectivity index (χ0n) is 13.5. The molecule has 0 fully saturated rings. The highest BCUT2D eigenvalue weighted by Gasteiger charge is 2.10. The molecule has 0 amide bonds. The number of nitrogens with zero attached hydrogens (tertiary/aromatic N) is 3. The van der Waals surface area contributed by atoms with E-state index in [1.165, 1.54) is 21.7 Å². The number of allylic oxidation sites excluding steroid dienone is 1. The lowest BCUT2D eigenvalue weighted by atomic mass is 10.1. The van der Waals surface area contributed by atoms with Gasteiger partial charge in [-0.05, 0) is 37.9 Å². The van der Waals surface area contributed by atoms with Crippen LogP contribution in [0.15, 0.2) is 53.7 Å². The predicted molar refractivity (Wildman–Crippen MR) is 96.7 cm³/mol. The predicted octanol–water partition coefficient (Wildman–Crippen LogP) is 2.45. The molecule has 1 aromatic carbocycles. The second kappa shape index (κ2) is 6.87. The van der Waals surface area contributed by atoms with Gasteiger partial charge in [0.25, 0.3) is 0 Å². The lowest BCUT2D eigenvalue weighted by molar-refractivity contribution is 0.528. The molecule has 0 radical (unpaired) electrons. The fourth-order valence-corrected chi connectivity index (χ4v) is 3.07. The molecule has 0 atom stereocenters. The first-order valence-corrected chi connectivity index (χ1v) is 8.51. The van der Waals surface area contributed by atoms with E-state index in [4.69, 9.17) is 0 Å². The largest absolute Gasteiger partial charge is 0.325 e. The Morgan fingerprint density at radius 3 is 2.74 bits per heavy atom. The van der Waals surface area contributed by atoms with E-state index in [1.807, 2.05) is 11.6 Å². The van der Waals surface area contributed by atoms with Crippen molar-refractivity contribution in [2.45, 2.75) is 26.8 Å². The van der Waals surface area contributed by atoms with Gasteiger partial charge in [-0.1, -0.05) is 42.5 Å². The molecule has 0 bridgehead atoms.